The summed E-state index contributed by atoms with van der Waals surface area (Å²) in [7, 11) is 0. The van der Waals surface area contributed by atoms with Crippen LogP contribution in [0, 0.1) is 5.82 Å². The molecule has 0 radical (unpaired) electrons. The minimum absolute atomic E-state index is 0.0212. The number of anilines is 1. The molecule has 0 aliphatic carbocycles. The molecule has 1 N–H and O–H groups in total. The molecule has 1 aromatic heterocycles. The number of hydrogen-bond acceptors (Lipinski definition) is 6. The third-order valence-electron chi connectivity index (χ3n) is 4.94. The molecular formula is C23H16ClFN2O6. The molecule has 4 rings (SSSR count). The number of halogens is 2. The zero-order chi connectivity index (χ0) is 23.7. The van der Waals surface area contributed by atoms with Crippen molar-refractivity contribution in [2.75, 3.05) is 5.32 Å². The van der Waals surface area contributed by atoms with Crippen molar-refractivity contribution in [2.45, 2.75) is 19.6 Å². The molecule has 1 atom stereocenters. The number of nitrogens with one attached hydrogen (secondary N) is 1. The van der Waals surface area contributed by atoms with Crippen LogP contribution in [-0.2, 0) is 16.1 Å². The van der Waals surface area contributed by atoms with Gasteiger partial charge in [-0.05, 0) is 55.5 Å². The fraction of sp³-hybridized carbons (Fsp3) is 0.130. The van der Waals surface area contributed by atoms with E-state index in [4.69, 9.17) is 20.8 Å². The van der Waals surface area contributed by atoms with E-state index in [-0.39, 0.29) is 33.9 Å². The van der Waals surface area contributed by atoms with Gasteiger partial charge in [0.15, 0.2) is 6.10 Å². The first kappa shape index (κ1) is 22.2. The molecule has 8 nitrogen and oxygen atoms in total. The van der Waals surface area contributed by atoms with E-state index in [0.717, 1.165) is 11.0 Å². The van der Waals surface area contributed by atoms with Crippen LogP contribution in [0.3, 0.4) is 0 Å². The van der Waals surface area contributed by atoms with E-state index in [0.29, 0.717) is 5.76 Å². The van der Waals surface area contributed by atoms with Gasteiger partial charge in [-0.25, -0.2) is 9.18 Å². The number of benzene rings is 2. The van der Waals surface area contributed by atoms with E-state index in [1.54, 1.807) is 12.1 Å². The van der Waals surface area contributed by atoms with Gasteiger partial charge in [0.05, 0.1) is 35.2 Å². The summed E-state index contributed by atoms with van der Waals surface area (Å²) in [4.78, 5) is 51.1. The number of ether oxygens (including phenoxy) is 1. The molecule has 1 aliphatic heterocycles. The highest BCUT2D eigenvalue weighted by Gasteiger charge is 2.36. The monoisotopic (exact) mass is 470 g/mol. The Morgan fingerprint density at radius 3 is 2.58 bits per heavy atom. The maximum absolute atomic E-state index is 13.9. The van der Waals surface area contributed by atoms with Crippen LogP contribution in [0.5, 0.6) is 0 Å². The molecule has 168 valence electrons. The molecule has 0 saturated carbocycles. The van der Waals surface area contributed by atoms with Crippen molar-refractivity contribution >= 4 is 41.0 Å². The highest BCUT2D eigenvalue weighted by molar-refractivity contribution is 6.30. The van der Waals surface area contributed by atoms with E-state index < -0.39 is 35.6 Å². The van der Waals surface area contributed by atoms with Crippen LogP contribution in [0.1, 0.15) is 43.8 Å². The predicted octanol–water partition coefficient (Wildman–Crippen LogP) is 4.05. The Balaban J connectivity index is 1.44. The van der Waals surface area contributed by atoms with Gasteiger partial charge in [-0.15, -0.1) is 0 Å². The summed E-state index contributed by atoms with van der Waals surface area (Å²) >= 11 is 5.68. The van der Waals surface area contributed by atoms with Gasteiger partial charge in [-0.1, -0.05) is 11.6 Å². The first-order valence-electron chi connectivity index (χ1n) is 9.74. The highest BCUT2D eigenvalue weighted by Crippen LogP contribution is 2.26. The minimum atomic E-state index is -1.27. The lowest BCUT2D eigenvalue weighted by Gasteiger charge is -2.14. The number of carbonyl (C=O) groups is 4. The molecule has 2 heterocycles. The third-order valence-corrected chi connectivity index (χ3v) is 5.18. The zero-order valence-corrected chi connectivity index (χ0v) is 17.9. The Morgan fingerprint density at radius 1 is 1.12 bits per heavy atom. The second-order valence-corrected chi connectivity index (χ2v) is 7.63. The number of amides is 3. The van der Waals surface area contributed by atoms with Gasteiger partial charge < -0.3 is 14.5 Å². The van der Waals surface area contributed by atoms with Crippen LogP contribution in [-0.4, -0.2) is 34.7 Å². The number of imide groups is 1. The standard InChI is InChI=1S/C23H16ClFN2O6/c1-12(20(28)26-19-7-5-14(24)10-18(19)25)33-23(31)13-4-6-16-17(9-13)22(30)27(21(16)29)11-15-3-2-8-32-15/h2-10,12H,11H2,1H3,(H,26,28). The first-order chi connectivity index (χ1) is 15.7. The summed E-state index contributed by atoms with van der Waals surface area (Å²) in [6.45, 7) is 1.27. The average molecular weight is 471 g/mol. The molecule has 10 heteroatoms. The highest BCUT2D eigenvalue weighted by atomic mass is 35.5. The number of fused-ring (bicyclic) bond motifs is 1. The van der Waals surface area contributed by atoms with Crippen LogP contribution < -0.4 is 5.32 Å². The van der Waals surface area contributed by atoms with E-state index in [1.807, 2.05) is 0 Å². The molecule has 0 bridgehead atoms. The summed E-state index contributed by atoms with van der Waals surface area (Å²) < 4.78 is 24.2. The summed E-state index contributed by atoms with van der Waals surface area (Å²) in [6.07, 6.45) is 0.161. The molecule has 0 fully saturated rings. The Labute approximate surface area is 191 Å². The number of hydrogen-bond donors (Lipinski definition) is 1. The number of nitrogens with zero attached hydrogens (tertiary/aromatic N) is 1. The van der Waals surface area contributed by atoms with Crippen molar-refractivity contribution < 1.29 is 32.7 Å². The molecule has 2 aromatic carbocycles. The normalized spacial score (nSPS) is 13.6. The quantitative estimate of drug-likeness (QED) is 0.430. The van der Waals surface area contributed by atoms with Crippen molar-refractivity contribution in [3.63, 3.8) is 0 Å². The minimum Gasteiger partial charge on any atom is -0.467 e. The third kappa shape index (κ3) is 4.49. The maximum atomic E-state index is 13.9. The van der Waals surface area contributed by atoms with E-state index in [1.165, 1.54) is 43.5 Å². The molecule has 1 unspecified atom stereocenters. The van der Waals surface area contributed by atoms with Crippen LogP contribution in [0.2, 0.25) is 5.02 Å². The SMILES string of the molecule is CC(OC(=O)c1ccc2c(c1)C(=O)N(Cc1ccco1)C2=O)C(=O)Nc1ccc(Cl)cc1F. The maximum Gasteiger partial charge on any atom is 0.338 e. The van der Waals surface area contributed by atoms with Gasteiger partial charge in [-0.3, -0.25) is 19.3 Å². The van der Waals surface area contributed by atoms with Gasteiger partial charge in [0.2, 0.25) is 0 Å². The molecule has 3 aromatic rings. The number of carbonyl (C=O) groups excluding carboxylic acids is 4. The van der Waals surface area contributed by atoms with Gasteiger partial charge >= 0.3 is 5.97 Å². The van der Waals surface area contributed by atoms with E-state index >= 15 is 0 Å². The van der Waals surface area contributed by atoms with Gasteiger partial charge in [-0.2, -0.15) is 0 Å². The van der Waals surface area contributed by atoms with Crippen LogP contribution in [0.4, 0.5) is 10.1 Å². The Kier molecular flexibility index (Phi) is 5.97. The van der Waals surface area contributed by atoms with Crippen molar-refractivity contribution in [3.8, 4) is 0 Å². The average Bonchev–Trinajstić information content (AvgIpc) is 3.38. The summed E-state index contributed by atoms with van der Waals surface area (Å²) in [5.41, 5.74) is 0.0473. The second-order valence-electron chi connectivity index (χ2n) is 7.20. The smallest absolute Gasteiger partial charge is 0.338 e. The number of furan rings is 1. The van der Waals surface area contributed by atoms with E-state index in [9.17, 15) is 23.6 Å². The Bertz CT molecular complexity index is 1270. The number of rotatable bonds is 6. The molecule has 0 saturated heterocycles. The van der Waals surface area contributed by atoms with Gasteiger partial charge in [0.25, 0.3) is 17.7 Å². The molecular weight excluding hydrogens is 455 g/mol. The fourth-order valence-corrected chi connectivity index (χ4v) is 3.39. The molecule has 1 aliphatic rings. The lowest BCUT2D eigenvalue weighted by molar-refractivity contribution is -0.123. The first-order valence-corrected chi connectivity index (χ1v) is 10.1. The van der Waals surface area contributed by atoms with Crippen LogP contribution in [0.15, 0.2) is 59.2 Å². The topological polar surface area (TPSA) is 106 Å². The van der Waals surface area contributed by atoms with Crippen molar-refractivity contribution in [1.29, 1.82) is 0 Å². The second kappa shape index (κ2) is 8.87. The lowest BCUT2D eigenvalue weighted by Crippen LogP contribution is -2.30. The van der Waals surface area contributed by atoms with Gasteiger partial charge in [0, 0.05) is 5.02 Å². The summed E-state index contributed by atoms with van der Waals surface area (Å²) in [5, 5.41) is 2.48. The predicted molar refractivity (Wildman–Crippen MR) is 114 cm³/mol. The van der Waals surface area contributed by atoms with Crippen molar-refractivity contribution in [2.24, 2.45) is 0 Å². The lowest BCUT2D eigenvalue weighted by atomic mass is 10.1. The van der Waals surface area contributed by atoms with Crippen molar-refractivity contribution in [1.82, 2.24) is 4.90 Å². The van der Waals surface area contributed by atoms with Crippen molar-refractivity contribution in [3.05, 3.63) is 88.1 Å². The zero-order valence-electron chi connectivity index (χ0n) is 17.1. The van der Waals surface area contributed by atoms with Crippen LogP contribution >= 0.6 is 11.6 Å². The molecule has 33 heavy (non-hydrogen) atoms. The van der Waals surface area contributed by atoms with Gasteiger partial charge in [0.1, 0.15) is 11.6 Å². The fourth-order valence-electron chi connectivity index (χ4n) is 3.23. The van der Waals surface area contributed by atoms with Crippen LogP contribution in [0.25, 0.3) is 0 Å². The largest absolute Gasteiger partial charge is 0.467 e. The van der Waals surface area contributed by atoms with E-state index in [2.05, 4.69) is 5.32 Å². The molecule has 3 amide bonds. The Hall–Kier alpha value is -3.98. The Morgan fingerprint density at radius 2 is 1.88 bits per heavy atom. The summed E-state index contributed by atoms with van der Waals surface area (Å²) in [6, 6.07) is 10.9. The molecule has 0 spiro atoms. The number of esters is 1. The summed E-state index contributed by atoms with van der Waals surface area (Å²) in [5.74, 6) is -3.05.